The van der Waals surface area contributed by atoms with Gasteiger partial charge in [0.05, 0.1) is 12.0 Å². The lowest BCUT2D eigenvalue weighted by Gasteiger charge is -2.19. The number of carboxylic acids is 3. The molecule has 0 aliphatic heterocycles. The van der Waals surface area contributed by atoms with Gasteiger partial charge < -0.3 is 30.6 Å². The molecule has 0 amide bonds. The summed E-state index contributed by atoms with van der Waals surface area (Å²) < 4.78 is 0. The van der Waals surface area contributed by atoms with Crippen molar-refractivity contribution in [3.63, 3.8) is 0 Å². The second-order valence-electron chi connectivity index (χ2n) is 6.17. The average Bonchev–Trinajstić information content (AvgIpc) is 2.47. The molecule has 0 aliphatic carbocycles. The van der Waals surface area contributed by atoms with Crippen LogP contribution in [0.25, 0.3) is 0 Å². The van der Waals surface area contributed by atoms with Crippen LogP contribution in [-0.2, 0) is 14.4 Å². The van der Waals surface area contributed by atoms with Crippen molar-refractivity contribution in [2.24, 2.45) is 10.8 Å². The van der Waals surface area contributed by atoms with Crippen LogP contribution in [0.1, 0.15) is 34.6 Å². The normalized spacial score (nSPS) is 9.80. The first kappa shape index (κ1) is 30.6. The van der Waals surface area contributed by atoms with Crippen molar-refractivity contribution in [2.45, 2.75) is 40.9 Å². The third-order valence-corrected chi connectivity index (χ3v) is 2.10. The van der Waals surface area contributed by atoms with Gasteiger partial charge in [-0.1, -0.05) is 33.9 Å². The second kappa shape index (κ2) is 15.3. The fourth-order valence-corrected chi connectivity index (χ4v) is 0.0676. The van der Waals surface area contributed by atoms with Gasteiger partial charge >= 0.3 is 17.9 Å². The quantitative estimate of drug-likeness (QED) is 0.313. The van der Waals surface area contributed by atoms with Gasteiger partial charge in [0.1, 0.15) is 0 Å². The van der Waals surface area contributed by atoms with Crippen LogP contribution in [0.4, 0.5) is 0 Å². The van der Waals surface area contributed by atoms with Crippen LogP contribution in [-0.4, -0.2) is 61.4 Å². The highest BCUT2D eigenvalue weighted by molar-refractivity contribution is 5.79. The van der Waals surface area contributed by atoms with Crippen molar-refractivity contribution in [1.29, 1.82) is 0 Å². The lowest BCUT2D eigenvalue weighted by atomic mass is 9.96. The summed E-state index contributed by atoms with van der Waals surface area (Å²) in [6, 6.07) is 0. The van der Waals surface area contributed by atoms with Crippen molar-refractivity contribution in [3.05, 3.63) is 25.3 Å². The number of hydrogen-bond donors (Lipinski definition) is 6. The van der Waals surface area contributed by atoms with Gasteiger partial charge in [-0.05, 0) is 13.8 Å². The molecule has 0 bridgehead atoms. The molecule has 0 aromatic heterocycles. The van der Waals surface area contributed by atoms with E-state index in [1.807, 2.05) is 0 Å². The number of rotatable bonds is 4. The summed E-state index contributed by atoms with van der Waals surface area (Å²) in [5, 5.41) is 48.8. The fourth-order valence-electron chi connectivity index (χ4n) is 0.0676. The van der Waals surface area contributed by atoms with E-state index in [0.29, 0.717) is 0 Å². The Morgan fingerprint density at radius 1 is 0.880 bits per heavy atom. The van der Waals surface area contributed by atoms with Gasteiger partial charge in [-0.25, -0.2) is 9.59 Å². The molecule has 0 atom stereocenters. The molecule has 0 aromatic carbocycles. The van der Waals surface area contributed by atoms with Crippen molar-refractivity contribution in [2.75, 3.05) is 6.61 Å². The molecule has 0 unspecified atom stereocenters. The molecule has 0 radical (unpaired) electrons. The number of aliphatic hydroxyl groups is 3. The van der Waals surface area contributed by atoms with Crippen LogP contribution in [0, 0.1) is 10.8 Å². The van der Waals surface area contributed by atoms with Gasteiger partial charge in [-0.2, -0.15) is 0 Å². The summed E-state index contributed by atoms with van der Waals surface area (Å²) in [6.07, 6.45) is 0.465. The molecule has 25 heavy (non-hydrogen) atoms. The molecule has 0 spiro atoms. The lowest BCUT2D eigenvalue weighted by molar-refractivity contribution is -0.149. The smallest absolute Gasteiger partial charge is 0.327 e. The predicted molar refractivity (Wildman–Crippen MR) is 91.8 cm³/mol. The number of aliphatic hydroxyl groups excluding tert-OH is 2. The molecule has 0 fully saturated rings. The van der Waals surface area contributed by atoms with E-state index in [0.717, 1.165) is 12.2 Å². The van der Waals surface area contributed by atoms with E-state index in [4.69, 9.17) is 30.6 Å². The highest BCUT2D eigenvalue weighted by Crippen LogP contribution is 2.15. The monoisotopic (exact) mass is 366 g/mol. The van der Waals surface area contributed by atoms with Crippen LogP contribution in [0.3, 0.4) is 0 Å². The van der Waals surface area contributed by atoms with Crippen LogP contribution in [0.5, 0.6) is 0 Å². The first-order valence-electron chi connectivity index (χ1n) is 6.90. The summed E-state index contributed by atoms with van der Waals surface area (Å²) in [7, 11) is 0. The molecule has 0 aromatic rings. The minimum absolute atomic E-state index is 0.317. The Hall–Kier alpha value is -2.23. The van der Waals surface area contributed by atoms with Gasteiger partial charge in [0.25, 0.3) is 0 Å². The van der Waals surface area contributed by atoms with E-state index in [-0.39, 0.29) is 12.0 Å². The van der Waals surface area contributed by atoms with Crippen molar-refractivity contribution in [3.8, 4) is 0 Å². The summed E-state index contributed by atoms with van der Waals surface area (Å²) >= 11 is 0. The summed E-state index contributed by atoms with van der Waals surface area (Å²) in [5.41, 5.74) is -1.38. The van der Waals surface area contributed by atoms with Crippen LogP contribution >= 0.6 is 0 Å². The van der Waals surface area contributed by atoms with E-state index in [1.54, 1.807) is 20.8 Å². The third kappa shape index (κ3) is 30.3. The first-order chi connectivity index (χ1) is 11.0. The summed E-state index contributed by atoms with van der Waals surface area (Å²) in [5.74, 6) is -2.94. The zero-order chi connectivity index (χ0) is 21.4. The van der Waals surface area contributed by atoms with E-state index in [2.05, 4.69) is 13.2 Å². The molecular formula is C16H30O9. The Morgan fingerprint density at radius 3 is 1.08 bits per heavy atom. The Kier molecular flexibility index (Phi) is 18.8. The topological polar surface area (TPSA) is 173 Å². The largest absolute Gasteiger partial charge is 0.481 e. The molecule has 9 heteroatoms. The molecule has 0 aliphatic rings. The Bertz CT molecular complexity index is 400. The SMILES string of the molecule is C=CC(=O)O.C=CC(=O)O.CC(C)(C)C(O)O.CC(C)(CO)C(=O)O. The van der Waals surface area contributed by atoms with Crippen LogP contribution in [0.2, 0.25) is 0 Å². The Labute approximate surface area is 147 Å². The predicted octanol–water partition coefficient (Wildman–Crippen LogP) is 0.947. The molecular weight excluding hydrogens is 336 g/mol. The molecule has 9 nitrogen and oxygen atoms in total. The van der Waals surface area contributed by atoms with Gasteiger partial charge in [0.2, 0.25) is 0 Å². The standard InChI is InChI=1S/C5H10O3.C5H12O2.2C3H4O2/c1-5(2,3-6)4(7)8;1-5(2,3)4(6)7;2*1-2-3(4)5/h6H,3H2,1-2H3,(H,7,8);4,6-7H,1-3H3;2*2H,1H2,(H,4,5). The second-order valence-corrected chi connectivity index (χ2v) is 6.17. The lowest BCUT2D eigenvalue weighted by Crippen LogP contribution is -2.27. The van der Waals surface area contributed by atoms with Crippen molar-refractivity contribution in [1.82, 2.24) is 0 Å². The Balaban J connectivity index is -0.000000120. The van der Waals surface area contributed by atoms with Gasteiger partial charge in [-0.3, -0.25) is 4.79 Å². The maximum Gasteiger partial charge on any atom is 0.327 e. The molecule has 0 heterocycles. The van der Waals surface area contributed by atoms with Gasteiger partial charge in [0, 0.05) is 17.6 Å². The minimum atomic E-state index is -1.20. The molecule has 0 saturated carbocycles. The van der Waals surface area contributed by atoms with Crippen molar-refractivity contribution < 1.29 is 45.0 Å². The highest BCUT2D eigenvalue weighted by Gasteiger charge is 2.25. The van der Waals surface area contributed by atoms with E-state index in [9.17, 15) is 14.4 Å². The number of carboxylic acid groups (broad SMARTS) is 3. The number of hydrogen-bond acceptors (Lipinski definition) is 6. The van der Waals surface area contributed by atoms with Gasteiger partial charge in [0.15, 0.2) is 6.29 Å². The van der Waals surface area contributed by atoms with Crippen LogP contribution in [0.15, 0.2) is 25.3 Å². The van der Waals surface area contributed by atoms with Gasteiger partial charge in [-0.15, -0.1) is 0 Å². The van der Waals surface area contributed by atoms with Crippen LogP contribution < -0.4 is 0 Å². The fraction of sp³-hybridized carbons (Fsp3) is 0.562. The maximum atomic E-state index is 10.1. The maximum absolute atomic E-state index is 10.1. The minimum Gasteiger partial charge on any atom is -0.481 e. The molecule has 148 valence electrons. The summed E-state index contributed by atoms with van der Waals surface area (Å²) in [6.45, 7) is 13.8. The Morgan fingerprint density at radius 2 is 1.08 bits per heavy atom. The molecule has 0 rings (SSSR count). The molecule has 0 saturated heterocycles. The summed E-state index contributed by atoms with van der Waals surface area (Å²) in [4.78, 5) is 28.6. The van der Waals surface area contributed by atoms with Crippen molar-refractivity contribution >= 4 is 17.9 Å². The number of aliphatic carboxylic acids is 3. The first-order valence-corrected chi connectivity index (χ1v) is 6.90. The van der Waals surface area contributed by atoms with E-state index < -0.39 is 29.6 Å². The zero-order valence-corrected chi connectivity index (χ0v) is 15.3. The average molecular weight is 366 g/mol. The highest BCUT2D eigenvalue weighted by atomic mass is 16.5. The third-order valence-electron chi connectivity index (χ3n) is 2.10. The zero-order valence-electron chi connectivity index (χ0n) is 15.3. The van der Waals surface area contributed by atoms with E-state index >= 15 is 0 Å². The van der Waals surface area contributed by atoms with E-state index in [1.165, 1.54) is 13.8 Å². The molecule has 6 N–H and O–H groups in total. The number of carbonyl (C=O) groups is 3.